The normalized spacial score (nSPS) is 15.6. The molecule has 0 aliphatic carbocycles. The van der Waals surface area contributed by atoms with Crippen molar-refractivity contribution in [3.8, 4) is 5.75 Å². The quantitative estimate of drug-likeness (QED) is 0.858. The molecule has 1 aromatic carbocycles. The number of carbonyl (C=O) groups is 2. The van der Waals surface area contributed by atoms with Gasteiger partial charge >= 0.3 is 5.97 Å². The van der Waals surface area contributed by atoms with Crippen molar-refractivity contribution in [3.63, 3.8) is 0 Å². The van der Waals surface area contributed by atoms with Crippen molar-refractivity contribution < 1.29 is 19.4 Å². The summed E-state index contributed by atoms with van der Waals surface area (Å²) in [5, 5.41) is 12.0. The highest BCUT2D eigenvalue weighted by Gasteiger charge is 2.26. The first kappa shape index (κ1) is 15.2. The second-order valence-corrected chi connectivity index (χ2v) is 5.08. The Labute approximate surface area is 123 Å². The lowest BCUT2D eigenvalue weighted by atomic mass is 9.97. The van der Waals surface area contributed by atoms with E-state index in [4.69, 9.17) is 9.84 Å². The van der Waals surface area contributed by atoms with Gasteiger partial charge in [-0.15, -0.1) is 0 Å². The number of ether oxygens (including phenoxy) is 1. The summed E-state index contributed by atoms with van der Waals surface area (Å²) in [7, 11) is 1.60. The fourth-order valence-electron chi connectivity index (χ4n) is 2.37. The summed E-state index contributed by atoms with van der Waals surface area (Å²) < 4.78 is 5.07. The summed E-state index contributed by atoms with van der Waals surface area (Å²) in [5.41, 5.74) is 0.851. The number of carboxylic acids is 1. The van der Waals surface area contributed by atoms with Gasteiger partial charge in [-0.25, -0.2) is 0 Å². The van der Waals surface area contributed by atoms with E-state index in [-0.39, 0.29) is 18.4 Å². The molecule has 6 heteroatoms. The van der Waals surface area contributed by atoms with Gasteiger partial charge in [0.1, 0.15) is 5.75 Å². The van der Waals surface area contributed by atoms with Crippen LogP contribution in [0.3, 0.4) is 0 Å². The third kappa shape index (κ3) is 4.11. The van der Waals surface area contributed by atoms with E-state index in [0.717, 1.165) is 11.4 Å². The van der Waals surface area contributed by atoms with Gasteiger partial charge in [0.2, 0.25) is 5.91 Å². The van der Waals surface area contributed by atoms with E-state index in [1.54, 1.807) is 12.0 Å². The van der Waals surface area contributed by atoms with Crippen molar-refractivity contribution in [1.29, 1.82) is 0 Å². The van der Waals surface area contributed by atoms with Crippen LogP contribution in [0.5, 0.6) is 5.75 Å². The summed E-state index contributed by atoms with van der Waals surface area (Å²) in [6, 6.07) is 7.35. The molecule has 1 fully saturated rings. The largest absolute Gasteiger partial charge is 0.497 e. The van der Waals surface area contributed by atoms with E-state index in [2.05, 4.69) is 5.32 Å². The van der Waals surface area contributed by atoms with Gasteiger partial charge in [0.25, 0.3) is 0 Å². The molecule has 0 aromatic heterocycles. The van der Waals surface area contributed by atoms with Gasteiger partial charge in [-0.3, -0.25) is 9.59 Å². The number of piperidine rings is 1. The molecule has 0 atom stereocenters. The number of hydrogen-bond acceptors (Lipinski definition) is 4. The lowest BCUT2D eigenvalue weighted by molar-refractivity contribution is -0.145. The molecule has 0 saturated carbocycles. The molecule has 0 unspecified atom stereocenters. The van der Waals surface area contributed by atoms with E-state index in [1.807, 2.05) is 24.3 Å². The van der Waals surface area contributed by atoms with Crippen LogP contribution < -0.4 is 10.1 Å². The minimum Gasteiger partial charge on any atom is -0.497 e. The third-order valence-electron chi connectivity index (χ3n) is 3.73. The van der Waals surface area contributed by atoms with E-state index in [1.165, 1.54) is 0 Å². The first-order valence-electron chi connectivity index (χ1n) is 6.98. The summed E-state index contributed by atoms with van der Waals surface area (Å²) in [5.74, 6) is -0.320. The zero-order valence-electron chi connectivity index (χ0n) is 12.0. The average molecular weight is 292 g/mol. The molecular formula is C15H20N2O4. The number of methoxy groups -OCH3 is 1. The Morgan fingerprint density at radius 2 is 1.90 bits per heavy atom. The molecule has 0 bridgehead atoms. The smallest absolute Gasteiger partial charge is 0.306 e. The number of nitrogens with one attached hydrogen (secondary N) is 1. The Morgan fingerprint density at radius 1 is 1.29 bits per heavy atom. The van der Waals surface area contributed by atoms with Crippen LogP contribution in [0, 0.1) is 5.92 Å². The molecular weight excluding hydrogens is 272 g/mol. The van der Waals surface area contributed by atoms with Gasteiger partial charge in [-0.1, -0.05) is 0 Å². The van der Waals surface area contributed by atoms with Crippen LogP contribution in [0.15, 0.2) is 24.3 Å². The van der Waals surface area contributed by atoms with Gasteiger partial charge < -0.3 is 20.1 Å². The van der Waals surface area contributed by atoms with Gasteiger partial charge in [0.15, 0.2) is 0 Å². The highest BCUT2D eigenvalue weighted by Crippen LogP contribution is 2.18. The molecule has 0 radical (unpaired) electrons. The maximum atomic E-state index is 12.1. The third-order valence-corrected chi connectivity index (χ3v) is 3.73. The monoisotopic (exact) mass is 292 g/mol. The van der Waals surface area contributed by atoms with Crippen LogP contribution in [0.4, 0.5) is 5.69 Å². The first-order valence-corrected chi connectivity index (χ1v) is 6.98. The van der Waals surface area contributed by atoms with Crippen molar-refractivity contribution in [2.75, 3.05) is 32.1 Å². The van der Waals surface area contributed by atoms with E-state index in [0.29, 0.717) is 25.9 Å². The Balaban J connectivity index is 1.78. The molecule has 114 valence electrons. The van der Waals surface area contributed by atoms with Crippen LogP contribution in [-0.2, 0) is 9.59 Å². The van der Waals surface area contributed by atoms with E-state index in [9.17, 15) is 9.59 Å². The number of likely N-dealkylation sites (tertiary alicyclic amines) is 1. The lowest BCUT2D eigenvalue weighted by Crippen LogP contribution is -2.42. The van der Waals surface area contributed by atoms with Crippen molar-refractivity contribution in [3.05, 3.63) is 24.3 Å². The second kappa shape index (κ2) is 6.97. The molecule has 1 amide bonds. The number of nitrogens with zero attached hydrogens (tertiary/aromatic N) is 1. The topological polar surface area (TPSA) is 78.9 Å². The molecule has 1 aliphatic rings. The molecule has 1 aliphatic heterocycles. The number of amides is 1. The highest BCUT2D eigenvalue weighted by molar-refractivity contribution is 5.81. The zero-order valence-corrected chi connectivity index (χ0v) is 12.0. The lowest BCUT2D eigenvalue weighted by Gasteiger charge is -2.30. The van der Waals surface area contributed by atoms with Gasteiger partial charge in [0, 0.05) is 18.8 Å². The molecule has 6 nitrogen and oxygen atoms in total. The predicted octanol–water partition coefficient (Wildman–Crippen LogP) is 1.43. The predicted molar refractivity (Wildman–Crippen MR) is 78.4 cm³/mol. The van der Waals surface area contributed by atoms with Crippen LogP contribution in [-0.4, -0.2) is 48.6 Å². The molecule has 21 heavy (non-hydrogen) atoms. The fraction of sp³-hybridized carbons (Fsp3) is 0.467. The number of aliphatic carboxylic acids is 1. The maximum Gasteiger partial charge on any atom is 0.306 e. The molecule has 1 aromatic rings. The van der Waals surface area contributed by atoms with Gasteiger partial charge in [-0.05, 0) is 37.1 Å². The van der Waals surface area contributed by atoms with Crippen molar-refractivity contribution in [2.24, 2.45) is 5.92 Å². The Bertz CT molecular complexity index is 493. The fourth-order valence-corrected chi connectivity index (χ4v) is 2.37. The standard InChI is InChI=1S/C15H20N2O4/c1-21-13-4-2-12(3-5-13)16-10-14(18)17-8-6-11(7-9-17)15(19)20/h2-5,11,16H,6-10H2,1H3,(H,19,20). The first-order chi connectivity index (χ1) is 10.1. The van der Waals surface area contributed by atoms with Gasteiger partial charge in [0.05, 0.1) is 19.6 Å². The average Bonchev–Trinajstić information content (AvgIpc) is 2.53. The molecule has 1 heterocycles. The maximum absolute atomic E-state index is 12.1. The number of hydrogen-bond donors (Lipinski definition) is 2. The number of anilines is 1. The number of rotatable bonds is 5. The van der Waals surface area contributed by atoms with Gasteiger partial charge in [-0.2, -0.15) is 0 Å². The minimum atomic E-state index is -0.765. The van der Waals surface area contributed by atoms with E-state index < -0.39 is 5.97 Å². The Hall–Kier alpha value is -2.24. The number of carbonyl (C=O) groups excluding carboxylic acids is 1. The van der Waals surface area contributed by atoms with E-state index >= 15 is 0 Å². The second-order valence-electron chi connectivity index (χ2n) is 5.08. The van der Waals surface area contributed by atoms with Crippen LogP contribution in [0.2, 0.25) is 0 Å². The van der Waals surface area contributed by atoms with Crippen molar-refractivity contribution in [2.45, 2.75) is 12.8 Å². The summed E-state index contributed by atoms with van der Waals surface area (Å²) in [6.45, 7) is 1.24. The van der Waals surface area contributed by atoms with Crippen LogP contribution in [0.25, 0.3) is 0 Å². The summed E-state index contributed by atoms with van der Waals surface area (Å²) in [6.07, 6.45) is 1.06. The van der Waals surface area contributed by atoms with Crippen LogP contribution >= 0.6 is 0 Å². The molecule has 2 rings (SSSR count). The summed E-state index contributed by atoms with van der Waals surface area (Å²) in [4.78, 5) is 24.6. The van der Waals surface area contributed by atoms with Crippen LogP contribution in [0.1, 0.15) is 12.8 Å². The molecule has 1 saturated heterocycles. The zero-order chi connectivity index (χ0) is 15.2. The Morgan fingerprint density at radius 3 is 2.43 bits per heavy atom. The Kier molecular flexibility index (Phi) is 5.03. The highest BCUT2D eigenvalue weighted by atomic mass is 16.5. The molecule has 0 spiro atoms. The molecule has 2 N–H and O–H groups in total. The van der Waals surface area contributed by atoms with Crippen molar-refractivity contribution in [1.82, 2.24) is 4.90 Å². The minimum absolute atomic E-state index is 0.00495. The summed E-state index contributed by atoms with van der Waals surface area (Å²) >= 11 is 0. The SMILES string of the molecule is COc1ccc(NCC(=O)N2CCC(C(=O)O)CC2)cc1. The van der Waals surface area contributed by atoms with Crippen molar-refractivity contribution >= 4 is 17.6 Å². The number of carboxylic acid groups (broad SMARTS) is 1. The number of benzene rings is 1.